The van der Waals surface area contributed by atoms with Gasteiger partial charge < -0.3 is 19.8 Å². The van der Waals surface area contributed by atoms with Crippen LogP contribution in [0.3, 0.4) is 0 Å². The van der Waals surface area contributed by atoms with Gasteiger partial charge in [0.1, 0.15) is 6.10 Å². The van der Waals surface area contributed by atoms with Crippen molar-refractivity contribution in [1.82, 2.24) is 5.32 Å². The van der Waals surface area contributed by atoms with E-state index in [0.717, 1.165) is 6.42 Å². The average molecular weight is 237 g/mol. The molecular formula is C9H20NO4P. The van der Waals surface area contributed by atoms with E-state index in [-0.39, 0.29) is 6.61 Å². The number of hydrogen-bond donors (Lipinski definition) is 3. The van der Waals surface area contributed by atoms with Crippen LogP contribution in [0.2, 0.25) is 0 Å². The molecule has 5 nitrogen and oxygen atoms in total. The molecular weight excluding hydrogens is 217 g/mol. The molecule has 6 heteroatoms. The van der Waals surface area contributed by atoms with Crippen molar-refractivity contribution in [2.45, 2.75) is 33.3 Å². The first kappa shape index (κ1) is 14.8. The van der Waals surface area contributed by atoms with Gasteiger partial charge in [0.2, 0.25) is 5.91 Å². The van der Waals surface area contributed by atoms with Gasteiger partial charge in [-0.1, -0.05) is 20.8 Å². The summed E-state index contributed by atoms with van der Waals surface area (Å²) in [6.45, 7) is 6.05. The Labute approximate surface area is 92.2 Å². The molecule has 2 atom stereocenters. The largest absolute Gasteiger partial charge is 0.383 e. The van der Waals surface area contributed by atoms with Gasteiger partial charge >= 0.3 is 0 Å². The summed E-state index contributed by atoms with van der Waals surface area (Å²) < 4.78 is 4.82. The third-order valence-corrected chi connectivity index (χ3v) is 2.32. The Kier molecular flexibility index (Phi) is 7.02. The quantitative estimate of drug-likeness (QED) is 0.561. The Balaban J connectivity index is 4.14. The molecule has 0 aromatic rings. The number of amides is 1. The van der Waals surface area contributed by atoms with Crippen molar-refractivity contribution >= 4 is 14.9 Å². The zero-order chi connectivity index (χ0) is 11.9. The Morgan fingerprint density at radius 1 is 1.60 bits per heavy atom. The van der Waals surface area contributed by atoms with E-state index in [0.29, 0.717) is 6.54 Å². The minimum absolute atomic E-state index is 0.142. The number of nitrogens with one attached hydrogen (secondary N) is 1. The summed E-state index contributed by atoms with van der Waals surface area (Å²) in [5, 5.41) is 12.3. The lowest BCUT2D eigenvalue weighted by atomic mass is 9.87. The SMILES string of the molecule is CCCNC(=O)C(O)C(C)(C)COPO. The van der Waals surface area contributed by atoms with Crippen molar-refractivity contribution < 1.29 is 19.3 Å². The normalized spacial score (nSPS) is 14.5. The predicted molar refractivity (Wildman–Crippen MR) is 59.6 cm³/mol. The second-order valence-corrected chi connectivity index (χ2v) is 4.53. The summed E-state index contributed by atoms with van der Waals surface area (Å²) in [4.78, 5) is 19.9. The Bertz CT molecular complexity index is 199. The van der Waals surface area contributed by atoms with E-state index in [1.807, 2.05) is 6.92 Å². The van der Waals surface area contributed by atoms with Crippen molar-refractivity contribution in [2.75, 3.05) is 13.2 Å². The van der Waals surface area contributed by atoms with Crippen molar-refractivity contribution in [1.29, 1.82) is 0 Å². The summed E-state index contributed by atoms with van der Waals surface area (Å²) in [6.07, 6.45) is -0.298. The molecule has 0 rings (SSSR count). The highest BCUT2D eigenvalue weighted by atomic mass is 31.1. The van der Waals surface area contributed by atoms with Crippen molar-refractivity contribution in [3.05, 3.63) is 0 Å². The van der Waals surface area contributed by atoms with Crippen molar-refractivity contribution in [2.24, 2.45) is 5.41 Å². The molecule has 0 radical (unpaired) electrons. The predicted octanol–water partition coefficient (Wildman–Crippen LogP) is 0.417. The van der Waals surface area contributed by atoms with Gasteiger partial charge in [0.25, 0.3) is 0 Å². The summed E-state index contributed by atoms with van der Waals surface area (Å²) in [6, 6.07) is 0. The van der Waals surface area contributed by atoms with Crippen LogP contribution in [0.1, 0.15) is 27.2 Å². The lowest BCUT2D eigenvalue weighted by Gasteiger charge is -2.28. The van der Waals surface area contributed by atoms with E-state index in [9.17, 15) is 9.90 Å². The minimum atomic E-state index is -1.12. The van der Waals surface area contributed by atoms with Gasteiger partial charge in [0, 0.05) is 12.0 Å². The van der Waals surface area contributed by atoms with Gasteiger partial charge in [0.15, 0.2) is 9.03 Å². The number of rotatable bonds is 7. The summed E-state index contributed by atoms with van der Waals surface area (Å²) >= 11 is 0. The molecule has 0 aromatic heterocycles. The number of hydrogen-bond acceptors (Lipinski definition) is 4. The highest BCUT2D eigenvalue weighted by molar-refractivity contribution is 7.24. The molecule has 2 unspecified atom stereocenters. The maximum Gasteiger partial charge on any atom is 0.249 e. The van der Waals surface area contributed by atoms with E-state index in [4.69, 9.17) is 9.42 Å². The second kappa shape index (κ2) is 7.12. The van der Waals surface area contributed by atoms with Crippen LogP contribution in [0.25, 0.3) is 0 Å². The molecule has 0 aliphatic rings. The smallest absolute Gasteiger partial charge is 0.249 e. The first-order valence-electron chi connectivity index (χ1n) is 4.92. The molecule has 15 heavy (non-hydrogen) atoms. The number of aliphatic hydroxyl groups excluding tert-OH is 1. The van der Waals surface area contributed by atoms with Crippen LogP contribution in [-0.4, -0.2) is 35.2 Å². The van der Waals surface area contributed by atoms with E-state index in [2.05, 4.69) is 5.32 Å². The number of aliphatic hydroxyl groups is 1. The first-order chi connectivity index (χ1) is 6.95. The summed E-state index contributed by atoms with van der Waals surface area (Å²) in [5.74, 6) is -0.397. The van der Waals surface area contributed by atoms with Gasteiger partial charge in [-0.15, -0.1) is 0 Å². The molecule has 0 spiro atoms. The van der Waals surface area contributed by atoms with E-state index < -0.39 is 26.5 Å². The van der Waals surface area contributed by atoms with Gasteiger partial charge in [-0.3, -0.25) is 4.79 Å². The van der Waals surface area contributed by atoms with Gasteiger partial charge in [0.05, 0.1) is 6.61 Å². The number of carbonyl (C=O) groups is 1. The van der Waals surface area contributed by atoms with Crippen LogP contribution in [0.4, 0.5) is 0 Å². The van der Waals surface area contributed by atoms with Crippen molar-refractivity contribution in [3.8, 4) is 0 Å². The van der Waals surface area contributed by atoms with Gasteiger partial charge in [-0.25, -0.2) is 0 Å². The highest BCUT2D eigenvalue weighted by Crippen LogP contribution is 2.24. The molecule has 0 saturated heterocycles. The van der Waals surface area contributed by atoms with E-state index in [1.54, 1.807) is 13.8 Å². The zero-order valence-corrected chi connectivity index (χ0v) is 10.4. The Hall–Kier alpha value is -0.220. The Morgan fingerprint density at radius 3 is 2.67 bits per heavy atom. The minimum Gasteiger partial charge on any atom is -0.383 e. The third-order valence-electron chi connectivity index (χ3n) is 2.05. The van der Waals surface area contributed by atoms with Crippen LogP contribution in [0, 0.1) is 5.41 Å². The van der Waals surface area contributed by atoms with Crippen LogP contribution in [-0.2, 0) is 9.32 Å². The topological polar surface area (TPSA) is 78.8 Å². The summed E-state index contributed by atoms with van der Waals surface area (Å²) in [5.41, 5.74) is -0.701. The maximum atomic E-state index is 11.4. The third kappa shape index (κ3) is 5.42. The van der Waals surface area contributed by atoms with Crippen LogP contribution < -0.4 is 5.32 Å². The fraction of sp³-hybridized carbons (Fsp3) is 0.889. The molecule has 0 fully saturated rings. The molecule has 0 saturated carbocycles. The molecule has 0 aromatic carbocycles. The van der Waals surface area contributed by atoms with Crippen LogP contribution in [0.5, 0.6) is 0 Å². The van der Waals surface area contributed by atoms with Gasteiger partial charge in [-0.2, -0.15) is 0 Å². The fourth-order valence-corrected chi connectivity index (χ4v) is 1.43. The molecule has 90 valence electrons. The first-order valence-corrected chi connectivity index (χ1v) is 5.78. The molecule has 0 aliphatic carbocycles. The molecule has 0 heterocycles. The molecule has 0 bridgehead atoms. The maximum absolute atomic E-state index is 11.4. The van der Waals surface area contributed by atoms with Crippen LogP contribution >= 0.6 is 9.03 Å². The standard InChI is InChI=1S/C9H20NO4P/c1-4-5-10-8(12)7(11)9(2,3)6-14-15-13/h7,11,13,15H,4-6H2,1-3H3,(H,10,12). The molecule has 1 amide bonds. The average Bonchev–Trinajstić information content (AvgIpc) is 2.21. The van der Waals surface area contributed by atoms with E-state index >= 15 is 0 Å². The monoisotopic (exact) mass is 237 g/mol. The molecule has 0 aliphatic heterocycles. The fourth-order valence-electron chi connectivity index (χ4n) is 0.997. The van der Waals surface area contributed by atoms with E-state index in [1.165, 1.54) is 0 Å². The lowest BCUT2D eigenvalue weighted by Crippen LogP contribution is -2.45. The molecule has 3 N–H and O–H groups in total. The lowest BCUT2D eigenvalue weighted by molar-refractivity contribution is -0.136. The van der Waals surface area contributed by atoms with Crippen molar-refractivity contribution in [3.63, 3.8) is 0 Å². The van der Waals surface area contributed by atoms with Gasteiger partial charge in [-0.05, 0) is 6.42 Å². The summed E-state index contributed by atoms with van der Waals surface area (Å²) in [7, 11) is -0.624. The van der Waals surface area contributed by atoms with Crippen LogP contribution in [0.15, 0.2) is 0 Å². The zero-order valence-electron chi connectivity index (χ0n) is 9.41. The second-order valence-electron chi connectivity index (χ2n) is 4.06. The Morgan fingerprint density at radius 2 is 2.20 bits per heavy atom. The number of carbonyl (C=O) groups excluding carboxylic acids is 1. The highest BCUT2D eigenvalue weighted by Gasteiger charge is 2.33.